The van der Waals surface area contributed by atoms with Gasteiger partial charge in [-0.15, -0.1) is 0 Å². The van der Waals surface area contributed by atoms with E-state index in [-0.39, 0.29) is 22.9 Å². The summed E-state index contributed by atoms with van der Waals surface area (Å²) in [5.41, 5.74) is 1.73. The molecule has 1 N–H and O–H groups in total. The van der Waals surface area contributed by atoms with E-state index in [0.29, 0.717) is 41.3 Å². The number of imidazole rings is 1. The molecule has 30 heavy (non-hydrogen) atoms. The zero-order valence-corrected chi connectivity index (χ0v) is 16.9. The van der Waals surface area contributed by atoms with E-state index >= 15 is 0 Å². The Bertz CT molecular complexity index is 1250. The number of amides is 1. The van der Waals surface area contributed by atoms with Gasteiger partial charge < -0.3 is 18.7 Å². The lowest BCUT2D eigenvalue weighted by molar-refractivity contribution is 0.0636. The first kappa shape index (κ1) is 18.6. The van der Waals surface area contributed by atoms with Crippen molar-refractivity contribution in [1.82, 2.24) is 19.9 Å². The molecule has 3 aromatic heterocycles. The fraction of sp³-hybridized carbons (Fsp3) is 0.318. The van der Waals surface area contributed by atoms with Crippen LogP contribution in [0.1, 0.15) is 60.4 Å². The fourth-order valence-electron chi connectivity index (χ4n) is 3.82. The van der Waals surface area contributed by atoms with E-state index in [1.165, 1.54) is 12.3 Å². The van der Waals surface area contributed by atoms with Gasteiger partial charge in [-0.1, -0.05) is 26.8 Å². The van der Waals surface area contributed by atoms with Gasteiger partial charge in [0.05, 0.1) is 23.6 Å². The molecular formula is C22H21FN4O3. The summed E-state index contributed by atoms with van der Waals surface area (Å²) in [5.74, 6) is 0.421. The van der Waals surface area contributed by atoms with Crippen LogP contribution in [0.5, 0.6) is 0 Å². The molecule has 1 atom stereocenters. The largest absolute Gasteiger partial charge is 0.458 e. The summed E-state index contributed by atoms with van der Waals surface area (Å²) in [6.45, 7) is 6.34. The molecule has 0 saturated carbocycles. The molecule has 0 bridgehead atoms. The van der Waals surface area contributed by atoms with Crippen molar-refractivity contribution >= 4 is 16.9 Å². The number of aromatic amines is 1. The van der Waals surface area contributed by atoms with E-state index in [1.54, 1.807) is 29.4 Å². The van der Waals surface area contributed by atoms with Gasteiger partial charge in [0.2, 0.25) is 11.7 Å². The first-order chi connectivity index (χ1) is 14.3. The number of carbonyl (C=O) groups is 1. The highest BCUT2D eigenvalue weighted by Crippen LogP contribution is 2.37. The normalized spacial score (nSPS) is 16.8. The average Bonchev–Trinajstić information content (AvgIpc) is 3.44. The lowest BCUT2D eigenvalue weighted by Crippen LogP contribution is -2.40. The quantitative estimate of drug-likeness (QED) is 0.532. The molecular weight excluding hydrogens is 387 g/mol. The van der Waals surface area contributed by atoms with Crippen molar-refractivity contribution in [2.75, 3.05) is 6.54 Å². The number of carbonyl (C=O) groups excluding carboxylic acids is 1. The van der Waals surface area contributed by atoms with Crippen molar-refractivity contribution < 1.29 is 18.0 Å². The number of hydrogen-bond acceptors (Lipinski definition) is 5. The van der Waals surface area contributed by atoms with E-state index in [0.717, 1.165) is 5.69 Å². The number of H-pyrrole nitrogens is 1. The highest BCUT2D eigenvalue weighted by molar-refractivity contribution is 5.92. The van der Waals surface area contributed by atoms with Gasteiger partial charge in [0.25, 0.3) is 5.91 Å². The minimum atomic E-state index is -0.595. The van der Waals surface area contributed by atoms with Gasteiger partial charge >= 0.3 is 0 Å². The van der Waals surface area contributed by atoms with E-state index < -0.39 is 6.04 Å². The van der Waals surface area contributed by atoms with Gasteiger partial charge in [0.1, 0.15) is 23.2 Å². The molecule has 8 heteroatoms. The molecule has 1 amide bonds. The minimum absolute atomic E-state index is 0.159. The molecule has 1 aliphatic rings. The molecule has 0 spiro atoms. The van der Waals surface area contributed by atoms with Gasteiger partial charge in [0.15, 0.2) is 0 Å². The number of hydrogen-bond donors (Lipinski definition) is 1. The molecule has 1 aliphatic heterocycles. The maximum Gasteiger partial charge on any atom is 0.292 e. The van der Waals surface area contributed by atoms with Crippen molar-refractivity contribution in [3.63, 3.8) is 0 Å². The molecule has 4 heterocycles. The van der Waals surface area contributed by atoms with Crippen LogP contribution in [0.3, 0.4) is 0 Å². The van der Waals surface area contributed by atoms with E-state index in [9.17, 15) is 9.18 Å². The third-order valence-electron chi connectivity index (χ3n) is 5.34. The van der Waals surface area contributed by atoms with E-state index in [4.69, 9.17) is 8.83 Å². The highest BCUT2D eigenvalue weighted by Gasteiger charge is 2.38. The Balaban J connectivity index is 1.59. The summed E-state index contributed by atoms with van der Waals surface area (Å²) in [5, 5.41) is 0.372. The van der Waals surface area contributed by atoms with Gasteiger partial charge in [-0.25, -0.2) is 14.4 Å². The van der Waals surface area contributed by atoms with Crippen molar-refractivity contribution in [1.29, 1.82) is 0 Å². The monoisotopic (exact) mass is 408 g/mol. The number of oxazole rings is 1. The number of nitrogens with zero attached hydrogens (tertiary/aromatic N) is 3. The van der Waals surface area contributed by atoms with E-state index in [1.807, 2.05) is 20.8 Å². The van der Waals surface area contributed by atoms with Gasteiger partial charge in [-0.2, -0.15) is 0 Å². The molecule has 0 fully saturated rings. The Labute approximate surface area is 171 Å². The SMILES string of the molecule is CC(C)(C)c1ncc(C(=O)N2CCc3[nH]cnc3[C@H]2c2cc3c(F)cccc3o2)o1. The van der Waals surface area contributed by atoms with Crippen LogP contribution in [-0.4, -0.2) is 32.3 Å². The third kappa shape index (κ3) is 2.91. The highest BCUT2D eigenvalue weighted by atomic mass is 19.1. The maximum absolute atomic E-state index is 14.3. The topological polar surface area (TPSA) is 88.2 Å². The van der Waals surface area contributed by atoms with Crippen LogP contribution >= 0.6 is 0 Å². The standard InChI is InChI=1S/C22H21FN4O3/c1-22(2,3)21-24-10-17(30-21)20(28)27-8-7-14-18(26-11-25-14)19(27)16-9-12-13(23)5-4-6-15(12)29-16/h4-6,9-11,19H,7-8H2,1-3H3,(H,25,26)/t19-/m1/s1. The number of benzene rings is 1. The van der Waals surface area contributed by atoms with Crippen LogP contribution in [0.4, 0.5) is 4.39 Å². The molecule has 1 aromatic carbocycles. The third-order valence-corrected chi connectivity index (χ3v) is 5.34. The first-order valence-corrected chi connectivity index (χ1v) is 9.80. The van der Waals surface area contributed by atoms with Crippen LogP contribution < -0.4 is 0 Å². The number of aromatic nitrogens is 3. The van der Waals surface area contributed by atoms with Crippen LogP contribution in [0.2, 0.25) is 0 Å². The number of nitrogens with one attached hydrogen (secondary N) is 1. The summed E-state index contributed by atoms with van der Waals surface area (Å²) >= 11 is 0. The Morgan fingerprint density at radius 3 is 2.83 bits per heavy atom. The summed E-state index contributed by atoms with van der Waals surface area (Å²) < 4.78 is 26.0. The lowest BCUT2D eigenvalue weighted by atomic mass is 9.97. The van der Waals surface area contributed by atoms with Crippen LogP contribution in [-0.2, 0) is 11.8 Å². The van der Waals surface area contributed by atoms with Crippen molar-refractivity contribution in [3.05, 3.63) is 71.4 Å². The number of furan rings is 1. The first-order valence-electron chi connectivity index (χ1n) is 9.80. The predicted octanol–water partition coefficient (Wildman–Crippen LogP) is 4.37. The summed E-state index contributed by atoms with van der Waals surface area (Å²) in [6.07, 6.45) is 3.67. The summed E-state index contributed by atoms with van der Waals surface area (Å²) in [6, 6.07) is 5.72. The number of halogens is 1. The van der Waals surface area contributed by atoms with Crippen molar-refractivity contribution in [3.8, 4) is 0 Å². The lowest BCUT2D eigenvalue weighted by Gasteiger charge is -2.33. The molecule has 0 unspecified atom stereocenters. The Morgan fingerprint density at radius 1 is 1.27 bits per heavy atom. The second kappa shape index (κ2) is 6.55. The maximum atomic E-state index is 14.3. The van der Waals surface area contributed by atoms with Crippen LogP contribution in [0.25, 0.3) is 11.0 Å². The molecule has 0 saturated heterocycles. The van der Waals surface area contributed by atoms with Gasteiger partial charge in [0, 0.05) is 24.1 Å². The smallest absolute Gasteiger partial charge is 0.292 e. The average molecular weight is 408 g/mol. The summed E-state index contributed by atoms with van der Waals surface area (Å²) in [7, 11) is 0. The second-order valence-corrected chi connectivity index (χ2v) is 8.50. The molecule has 7 nitrogen and oxygen atoms in total. The van der Waals surface area contributed by atoms with Gasteiger partial charge in [-0.05, 0) is 18.2 Å². The zero-order valence-electron chi connectivity index (χ0n) is 16.9. The fourth-order valence-corrected chi connectivity index (χ4v) is 3.82. The molecule has 0 radical (unpaired) electrons. The molecule has 5 rings (SSSR count). The van der Waals surface area contributed by atoms with Crippen LogP contribution in [0, 0.1) is 5.82 Å². The van der Waals surface area contributed by atoms with E-state index in [2.05, 4.69) is 15.0 Å². The zero-order chi connectivity index (χ0) is 21.0. The minimum Gasteiger partial charge on any atom is -0.458 e. The summed E-state index contributed by atoms with van der Waals surface area (Å²) in [4.78, 5) is 26.8. The molecule has 4 aromatic rings. The van der Waals surface area contributed by atoms with Crippen molar-refractivity contribution in [2.24, 2.45) is 0 Å². The number of fused-ring (bicyclic) bond motifs is 2. The van der Waals surface area contributed by atoms with Crippen molar-refractivity contribution in [2.45, 2.75) is 38.6 Å². The molecule has 154 valence electrons. The Morgan fingerprint density at radius 2 is 2.10 bits per heavy atom. The molecule has 0 aliphatic carbocycles. The van der Waals surface area contributed by atoms with Gasteiger partial charge in [-0.3, -0.25) is 4.79 Å². The predicted molar refractivity (Wildman–Crippen MR) is 107 cm³/mol. The Hall–Kier alpha value is -3.42. The Kier molecular flexibility index (Phi) is 4.06. The number of rotatable bonds is 2. The van der Waals surface area contributed by atoms with Crippen LogP contribution in [0.15, 0.2) is 45.6 Å². The second-order valence-electron chi connectivity index (χ2n) is 8.50.